The van der Waals surface area contributed by atoms with Crippen LogP contribution in [-0.2, 0) is 12.6 Å². The fourth-order valence-electron chi connectivity index (χ4n) is 4.47. The zero-order valence-corrected chi connectivity index (χ0v) is 22.0. The van der Waals surface area contributed by atoms with E-state index in [-0.39, 0.29) is 30.5 Å². The third-order valence-electron chi connectivity index (χ3n) is 6.38. The highest BCUT2D eigenvalue weighted by molar-refractivity contribution is 5.89. The van der Waals surface area contributed by atoms with Crippen LogP contribution in [0.4, 0.5) is 30.7 Å². The molecule has 0 saturated heterocycles. The van der Waals surface area contributed by atoms with Crippen LogP contribution in [0.3, 0.4) is 0 Å². The number of hydrogen-bond acceptors (Lipinski definition) is 4. The van der Waals surface area contributed by atoms with Gasteiger partial charge in [-0.25, -0.2) is 18.9 Å². The van der Waals surface area contributed by atoms with E-state index in [2.05, 4.69) is 10.1 Å². The van der Waals surface area contributed by atoms with E-state index in [4.69, 9.17) is 4.74 Å². The minimum Gasteiger partial charge on any atom is -0.494 e. The Kier molecular flexibility index (Phi) is 8.88. The average molecular weight is 596 g/mol. The largest absolute Gasteiger partial charge is 0.494 e. The summed E-state index contributed by atoms with van der Waals surface area (Å²) in [5.41, 5.74) is -0.552. The fourth-order valence-corrected chi connectivity index (χ4v) is 4.47. The van der Waals surface area contributed by atoms with Crippen molar-refractivity contribution in [3.8, 4) is 22.8 Å². The predicted octanol–water partition coefficient (Wildman–Crippen LogP) is 7.86. The second kappa shape index (κ2) is 12.2. The van der Waals surface area contributed by atoms with E-state index in [0.29, 0.717) is 34.2 Å². The third-order valence-corrected chi connectivity index (χ3v) is 6.38. The summed E-state index contributed by atoms with van der Waals surface area (Å²) in [5.74, 6) is -2.50. The maximum Gasteiger partial charge on any atom is 0.434 e. The van der Waals surface area contributed by atoms with Crippen molar-refractivity contribution < 1.29 is 45.4 Å². The van der Waals surface area contributed by atoms with Gasteiger partial charge in [0.05, 0.1) is 18.5 Å². The molecule has 4 rings (SSSR count). The molecule has 222 valence electrons. The summed E-state index contributed by atoms with van der Waals surface area (Å²) in [6.07, 6.45) is -9.32. The smallest absolute Gasteiger partial charge is 0.434 e. The number of aromatic nitrogens is 3. The van der Waals surface area contributed by atoms with E-state index >= 15 is 0 Å². The van der Waals surface area contributed by atoms with Gasteiger partial charge >= 0.3 is 18.3 Å². The van der Waals surface area contributed by atoms with Crippen molar-refractivity contribution in [2.45, 2.75) is 44.5 Å². The van der Waals surface area contributed by atoms with E-state index in [1.807, 2.05) is 6.92 Å². The van der Waals surface area contributed by atoms with Crippen molar-refractivity contribution in [1.82, 2.24) is 14.8 Å². The van der Waals surface area contributed by atoms with Gasteiger partial charge in [0, 0.05) is 12.0 Å². The van der Waals surface area contributed by atoms with Crippen molar-refractivity contribution in [2.75, 3.05) is 6.61 Å². The fraction of sp³-hybridized carbons (Fsp3) is 0.276. The highest BCUT2D eigenvalue weighted by Gasteiger charge is 2.41. The number of rotatable bonds is 10. The third kappa shape index (κ3) is 7.45. The maximum atomic E-state index is 14.4. The number of carboxylic acids is 1. The van der Waals surface area contributed by atoms with Crippen molar-refractivity contribution >= 4 is 5.97 Å². The number of pyridine rings is 1. The van der Waals surface area contributed by atoms with Crippen LogP contribution in [-0.4, -0.2) is 38.6 Å². The molecule has 0 aliphatic rings. The van der Waals surface area contributed by atoms with Crippen LogP contribution in [0, 0.1) is 5.82 Å². The number of aromatic carboxylic acids is 1. The summed E-state index contributed by atoms with van der Waals surface area (Å²) < 4.78 is 98.2. The van der Waals surface area contributed by atoms with E-state index < -0.39 is 41.8 Å². The molecule has 0 fully saturated rings. The lowest BCUT2D eigenvalue weighted by Crippen LogP contribution is -2.18. The average Bonchev–Trinajstić information content (AvgIpc) is 3.38. The van der Waals surface area contributed by atoms with E-state index in [1.165, 1.54) is 30.3 Å². The summed E-state index contributed by atoms with van der Waals surface area (Å²) >= 11 is 0. The van der Waals surface area contributed by atoms with Crippen LogP contribution in [0.15, 0.2) is 66.9 Å². The first-order valence-corrected chi connectivity index (χ1v) is 12.7. The summed E-state index contributed by atoms with van der Waals surface area (Å²) in [5, 5.41) is 12.8. The maximum absolute atomic E-state index is 14.4. The Hall–Kier alpha value is -4.42. The van der Waals surface area contributed by atoms with Crippen molar-refractivity contribution in [2.24, 2.45) is 0 Å². The first kappa shape index (κ1) is 30.5. The molecule has 0 radical (unpaired) electrons. The Morgan fingerprint density at radius 3 is 2.38 bits per heavy atom. The summed E-state index contributed by atoms with van der Waals surface area (Å²) in [7, 11) is 0. The van der Waals surface area contributed by atoms with Crippen molar-refractivity contribution in [3.63, 3.8) is 0 Å². The van der Waals surface area contributed by atoms with E-state index in [9.17, 15) is 40.6 Å². The molecule has 0 aliphatic heterocycles. The standard InChI is InChI=1S/C29H24F7N3O3/c1-17(14-18-6-9-20(10-7-18)42-13-3-12-28(31,32)33)21-11-8-19(30)15-22(21)24-4-2-5-25(38-24)39-26(29(34,35)36)23(16-37-39)27(40)41/h2,4-11,15-17H,3,12-14H2,1H3,(H,40,41). The molecular weight excluding hydrogens is 571 g/mol. The molecular formula is C29H24F7N3O3. The molecule has 1 N–H and O–H groups in total. The van der Waals surface area contributed by atoms with E-state index in [0.717, 1.165) is 5.56 Å². The lowest BCUT2D eigenvalue weighted by Gasteiger charge is -2.18. The molecule has 0 amide bonds. The first-order valence-electron chi connectivity index (χ1n) is 12.7. The van der Waals surface area contributed by atoms with Crippen LogP contribution < -0.4 is 4.74 Å². The minimum atomic E-state index is -5.04. The summed E-state index contributed by atoms with van der Waals surface area (Å²) in [6, 6.07) is 15.0. The van der Waals surface area contributed by atoms with Crippen LogP contribution in [0.1, 0.15) is 52.9 Å². The second-order valence-corrected chi connectivity index (χ2v) is 9.55. The number of carbonyl (C=O) groups is 1. The van der Waals surface area contributed by atoms with Gasteiger partial charge in [-0.15, -0.1) is 0 Å². The molecule has 2 aromatic carbocycles. The SMILES string of the molecule is CC(Cc1ccc(OCCCC(F)(F)F)cc1)c1ccc(F)cc1-c1cccc(-n2ncc(C(=O)O)c2C(F)(F)F)n1. The van der Waals surface area contributed by atoms with Crippen LogP contribution >= 0.6 is 0 Å². The Labute approximate surface area is 235 Å². The van der Waals surface area contributed by atoms with Gasteiger partial charge in [0.25, 0.3) is 0 Å². The van der Waals surface area contributed by atoms with Gasteiger partial charge in [0.1, 0.15) is 17.1 Å². The van der Waals surface area contributed by atoms with Gasteiger partial charge in [-0.3, -0.25) is 0 Å². The number of benzene rings is 2. The predicted molar refractivity (Wildman–Crippen MR) is 138 cm³/mol. The number of alkyl halides is 6. The zero-order chi connectivity index (χ0) is 30.7. The number of carboxylic acid groups (broad SMARTS) is 1. The minimum absolute atomic E-state index is 0.0825. The van der Waals surface area contributed by atoms with Crippen molar-refractivity contribution in [3.05, 3.63) is 95.1 Å². The Morgan fingerprint density at radius 1 is 1.02 bits per heavy atom. The lowest BCUT2D eigenvalue weighted by molar-refractivity contribution is -0.143. The molecule has 1 unspecified atom stereocenters. The molecule has 2 heterocycles. The highest BCUT2D eigenvalue weighted by atomic mass is 19.4. The van der Waals surface area contributed by atoms with Gasteiger partial charge < -0.3 is 9.84 Å². The monoisotopic (exact) mass is 595 g/mol. The number of ether oxygens (including phenoxy) is 1. The van der Waals surface area contributed by atoms with E-state index in [1.54, 1.807) is 30.3 Å². The molecule has 42 heavy (non-hydrogen) atoms. The van der Waals surface area contributed by atoms with Gasteiger partial charge in [0.15, 0.2) is 11.5 Å². The lowest BCUT2D eigenvalue weighted by atomic mass is 9.89. The topological polar surface area (TPSA) is 77.2 Å². The van der Waals surface area contributed by atoms with Gasteiger partial charge in [0.2, 0.25) is 0 Å². The number of nitrogens with zero attached hydrogens (tertiary/aromatic N) is 3. The number of halogens is 7. The molecule has 2 aromatic heterocycles. The van der Waals surface area contributed by atoms with Crippen LogP contribution in [0.2, 0.25) is 0 Å². The molecule has 0 aliphatic carbocycles. The first-order chi connectivity index (χ1) is 19.7. The Bertz CT molecular complexity index is 1550. The molecule has 4 aromatic rings. The summed E-state index contributed by atoms with van der Waals surface area (Å²) in [6.45, 7) is 1.79. The summed E-state index contributed by atoms with van der Waals surface area (Å²) in [4.78, 5) is 15.6. The van der Waals surface area contributed by atoms with Gasteiger partial charge in [-0.05, 0) is 66.3 Å². The Morgan fingerprint density at radius 2 is 1.74 bits per heavy atom. The highest BCUT2D eigenvalue weighted by Crippen LogP contribution is 2.35. The zero-order valence-electron chi connectivity index (χ0n) is 22.0. The molecule has 6 nitrogen and oxygen atoms in total. The second-order valence-electron chi connectivity index (χ2n) is 9.55. The molecule has 0 saturated carbocycles. The molecule has 0 spiro atoms. The van der Waals surface area contributed by atoms with Crippen LogP contribution in [0.5, 0.6) is 5.75 Å². The van der Waals surface area contributed by atoms with Crippen LogP contribution in [0.25, 0.3) is 17.1 Å². The van der Waals surface area contributed by atoms with Crippen molar-refractivity contribution in [1.29, 1.82) is 0 Å². The molecule has 0 bridgehead atoms. The molecule has 13 heteroatoms. The Balaban J connectivity index is 1.57. The van der Waals surface area contributed by atoms with Gasteiger partial charge in [-0.2, -0.15) is 31.4 Å². The quantitative estimate of drug-likeness (QED) is 0.149. The molecule has 1 atom stereocenters. The normalized spacial score (nSPS) is 12.8. The van der Waals surface area contributed by atoms with Gasteiger partial charge in [-0.1, -0.05) is 31.2 Å². The number of hydrogen-bond donors (Lipinski definition) is 1.